The van der Waals surface area contributed by atoms with E-state index < -0.39 is 0 Å². The Labute approximate surface area is 146 Å². The van der Waals surface area contributed by atoms with Gasteiger partial charge in [-0.05, 0) is 19.1 Å². The summed E-state index contributed by atoms with van der Waals surface area (Å²) in [7, 11) is 1.76. The van der Waals surface area contributed by atoms with Crippen molar-refractivity contribution in [3.05, 3.63) is 47.7 Å². The molecule has 132 valence electrons. The largest absolute Gasteiger partial charge is 0.368 e. The van der Waals surface area contributed by atoms with Gasteiger partial charge >= 0.3 is 0 Å². The van der Waals surface area contributed by atoms with E-state index in [-0.39, 0.29) is 17.8 Å². The number of amides is 1. The van der Waals surface area contributed by atoms with Crippen molar-refractivity contribution in [1.82, 2.24) is 14.9 Å². The lowest BCUT2D eigenvalue weighted by Gasteiger charge is -2.32. The number of aromatic nitrogens is 2. The van der Waals surface area contributed by atoms with Crippen molar-refractivity contribution in [2.24, 2.45) is 0 Å². The van der Waals surface area contributed by atoms with Crippen molar-refractivity contribution in [3.8, 4) is 0 Å². The number of anilines is 2. The van der Waals surface area contributed by atoms with Crippen LogP contribution in [0.15, 0.2) is 30.3 Å². The predicted octanol–water partition coefficient (Wildman–Crippen LogP) is 2.61. The zero-order valence-electron chi connectivity index (χ0n) is 14.6. The van der Waals surface area contributed by atoms with E-state index in [9.17, 15) is 9.18 Å². The van der Waals surface area contributed by atoms with Crippen LogP contribution in [-0.2, 0) is 9.53 Å². The van der Waals surface area contributed by atoms with Gasteiger partial charge in [-0.25, -0.2) is 14.4 Å². The minimum absolute atomic E-state index is 0.0165. The maximum Gasteiger partial charge on any atom is 0.219 e. The van der Waals surface area contributed by atoms with E-state index in [0.29, 0.717) is 42.7 Å². The van der Waals surface area contributed by atoms with Crippen molar-refractivity contribution < 1.29 is 13.9 Å². The summed E-state index contributed by atoms with van der Waals surface area (Å²) in [6.45, 7) is 4.83. The molecule has 0 N–H and O–H groups in total. The van der Waals surface area contributed by atoms with Crippen molar-refractivity contribution in [3.63, 3.8) is 0 Å². The van der Waals surface area contributed by atoms with Crippen LogP contribution in [0.2, 0.25) is 0 Å². The molecule has 6 nitrogen and oxygen atoms in total. The maximum atomic E-state index is 14.1. The summed E-state index contributed by atoms with van der Waals surface area (Å²) in [4.78, 5) is 23.9. The second kappa shape index (κ2) is 7.14. The van der Waals surface area contributed by atoms with Gasteiger partial charge in [0.2, 0.25) is 5.91 Å². The summed E-state index contributed by atoms with van der Waals surface area (Å²) in [5.74, 6) is 0.845. The van der Waals surface area contributed by atoms with Gasteiger partial charge in [-0.15, -0.1) is 0 Å². The van der Waals surface area contributed by atoms with Crippen LogP contribution in [0.25, 0.3) is 0 Å². The first-order valence-corrected chi connectivity index (χ1v) is 8.16. The highest BCUT2D eigenvalue weighted by molar-refractivity contribution is 5.73. The molecule has 1 atom stereocenters. The zero-order valence-corrected chi connectivity index (χ0v) is 14.6. The molecule has 1 aromatic carbocycles. The Bertz CT molecular complexity index is 783. The molecule has 1 saturated heterocycles. The molecule has 0 spiro atoms. The smallest absolute Gasteiger partial charge is 0.219 e. The number of para-hydroxylation sites is 1. The fraction of sp³-hybridized carbons (Fsp3) is 0.389. The quantitative estimate of drug-likeness (QED) is 0.857. The van der Waals surface area contributed by atoms with Crippen molar-refractivity contribution >= 4 is 17.4 Å². The summed E-state index contributed by atoms with van der Waals surface area (Å²) < 4.78 is 19.9. The molecule has 1 unspecified atom stereocenters. The van der Waals surface area contributed by atoms with Crippen molar-refractivity contribution in [2.75, 3.05) is 31.6 Å². The molecule has 1 aromatic heterocycles. The van der Waals surface area contributed by atoms with Gasteiger partial charge in [0.15, 0.2) is 0 Å². The monoisotopic (exact) mass is 344 g/mol. The first kappa shape index (κ1) is 17.3. The Morgan fingerprint density at radius 2 is 2.12 bits per heavy atom. The van der Waals surface area contributed by atoms with Gasteiger partial charge in [0, 0.05) is 26.6 Å². The third-order valence-electron chi connectivity index (χ3n) is 4.24. The second-order valence-corrected chi connectivity index (χ2v) is 6.03. The van der Waals surface area contributed by atoms with E-state index in [0.717, 1.165) is 0 Å². The molecule has 25 heavy (non-hydrogen) atoms. The van der Waals surface area contributed by atoms with Crippen molar-refractivity contribution in [2.45, 2.75) is 20.0 Å². The molecule has 1 aliphatic rings. The number of aryl methyl sites for hydroxylation is 1. The van der Waals surface area contributed by atoms with Gasteiger partial charge < -0.3 is 14.5 Å². The summed E-state index contributed by atoms with van der Waals surface area (Å²) in [6, 6.07) is 8.32. The highest BCUT2D eigenvalue weighted by Gasteiger charge is 2.26. The Balaban J connectivity index is 1.90. The minimum atomic E-state index is -0.320. The van der Waals surface area contributed by atoms with E-state index in [1.165, 1.54) is 6.07 Å². The third-order valence-corrected chi connectivity index (χ3v) is 4.24. The normalized spacial score (nSPS) is 17.4. The minimum Gasteiger partial charge on any atom is -0.368 e. The van der Waals surface area contributed by atoms with Gasteiger partial charge in [-0.3, -0.25) is 4.79 Å². The van der Waals surface area contributed by atoms with Crippen LogP contribution < -0.4 is 4.90 Å². The van der Waals surface area contributed by atoms with Crippen LogP contribution in [0.5, 0.6) is 0 Å². The highest BCUT2D eigenvalue weighted by Crippen LogP contribution is 2.28. The van der Waals surface area contributed by atoms with Gasteiger partial charge in [-0.1, -0.05) is 12.1 Å². The van der Waals surface area contributed by atoms with Crippen LogP contribution >= 0.6 is 0 Å². The fourth-order valence-corrected chi connectivity index (χ4v) is 2.87. The van der Waals surface area contributed by atoms with E-state index in [2.05, 4.69) is 9.97 Å². The standard InChI is InChI=1S/C18H21FN4O2/c1-12-20-15(17-11-23(13(2)24)8-9-25-17)10-18(21-12)22(3)16-7-5-4-6-14(16)19/h4-7,10,17H,8-9,11H2,1-3H3. The maximum absolute atomic E-state index is 14.1. The number of carbonyl (C=O) groups excluding carboxylic acids is 1. The summed E-state index contributed by atoms with van der Waals surface area (Å²) in [5.41, 5.74) is 1.12. The zero-order chi connectivity index (χ0) is 18.0. The number of rotatable bonds is 3. The SMILES string of the molecule is CC(=O)N1CCOC(c2cc(N(C)c3ccccc3F)nc(C)n2)C1. The number of morpholine rings is 1. The molecule has 3 rings (SSSR count). The summed E-state index contributed by atoms with van der Waals surface area (Å²) in [6.07, 6.45) is -0.313. The molecule has 1 amide bonds. The topological polar surface area (TPSA) is 58.6 Å². The molecule has 0 aliphatic carbocycles. The Morgan fingerprint density at radius 3 is 2.84 bits per heavy atom. The first-order valence-electron chi connectivity index (χ1n) is 8.16. The van der Waals surface area contributed by atoms with Crippen LogP contribution in [-0.4, -0.2) is 47.5 Å². The van der Waals surface area contributed by atoms with E-state index in [1.54, 1.807) is 55.0 Å². The highest BCUT2D eigenvalue weighted by atomic mass is 19.1. The lowest BCUT2D eigenvalue weighted by Crippen LogP contribution is -2.41. The second-order valence-electron chi connectivity index (χ2n) is 6.03. The molecule has 1 aliphatic heterocycles. The molecule has 7 heteroatoms. The Hall–Kier alpha value is -2.54. The molecule has 1 fully saturated rings. The molecule has 2 aromatic rings. The van der Waals surface area contributed by atoms with E-state index in [4.69, 9.17) is 4.74 Å². The predicted molar refractivity (Wildman–Crippen MR) is 92.2 cm³/mol. The lowest BCUT2D eigenvalue weighted by molar-refractivity contribution is -0.136. The number of benzene rings is 1. The summed E-state index contributed by atoms with van der Waals surface area (Å²) in [5, 5.41) is 0. The molecule has 0 saturated carbocycles. The van der Waals surface area contributed by atoms with Gasteiger partial charge in [-0.2, -0.15) is 0 Å². The average molecular weight is 344 g/mol. The van der Waals surface area contributed by atoms with E-state index >= 15 is 0 Å². The number of carbonyl (C=O) groups is 1. The van der Waals surface area contributed by atoms with Crippen LogP contribution in [0.4, 0.5) is 15.9 Å². The summed E-state index contributed by atoms with van der Waals surface area (Å²) >= 11 is 0. The average Bonchev–Trinajstić information content (AvgIpc) is 2.61. The molecular weight excluding hydrogens is 323 g/mol. The van der Waals surface area contributed by atoms with Crippen LogP contribution in [0.3, 0.4) is 0 Å². The third kappa shape index (κ3) is 3.76. The molecule has 0 radical (unpaired) electrons. The molecule has 2 heterocycles. The van der Waals surface area contributed by atoms with Crippen LogP contribution in [0, 0.1) is 12.7 Å². The van der Waals surface area contributed by atoms with Gasteiger partial charge in [0.1, 0.15) is 23.6 Å². The Morgan fingerprint density at radius 1 is 1.36 bits per heavy atom. The Kier molecular flexibility index (Phi) is 4.94. The van der Waals surface area contributed by atoms with Gasteiger partial charge in [0.05, 0.1) is 24.5 Å². The lowest BCUT2D eigenvalue weighted by atomic mass is 10.2. The number of hydrogen-bond acceptors (Lipinski definition) is 5. The molecule has 0 bridgehead atoms. The van der Waals surface area contributed by atoms with Gasteiger partial charge in [0.25, 0.3) is 0 Å². The first-order chi connectivity index (χ1) is 12.0. The van der Waals surface area contributed by atoms with Crippen molar-refractivity contribution in [1.29, 1.82) is 0 Å². The number of ether oxygens (including phenoxy) is 1. The number of nitrogens with zero attached hydrogens (tertiary/aromatic N) is 4. The van der Waals surface area contributed by atoms with E-state index in [1.807, 2.05) is 0 Å². The fourth-order valence-electron chi connectivity index (χ4n) is 2.87. The number of halogens is 1. The van der Waals surface area contributed by atoms with Crippen LogP contribution in [0.1, 0.15) is 24.5 Å². The molecular formula is C18H21FN4O2. The number of hydrogen-bond donors (Lipinski definition) is 0.